The molecule has 1 unspecified atom stereocenters. The molecular weight excluding hydrogens is 426 g/mol. The molecule has 1 amide bonds. The molecule has 150 valence electrons. The third-order valence-electron chi connectivity index (χ3n) is 4.06. The topological polar surface area (TPSA) is 150 Å². The van der Waals surface area contributed by atoms with Gasteiger partial charge >= 0.3 is 0 Å². The fourth-order valence-corrected chi connectivity index (χ4v) is 4.07. The zero-order valence-electron chi connectivity index (χ0n) is 14.8. The van der Waals surface area contributed by atoms with Gasteiger partial charge in [0.15, 0.2) is 20.5 Å². The van der Waals surface area contributed by atoms with Crippen molar-refractivity contribution in [1.82, 2.24) is 25.1 Å². The molecule has 0 saturated carbocycles. The lowest BCUT2D eigenvalue weighted by atomic mass is 10.1. The van der Waals surface area contributed by atoms with Crippen molar-refractivity contribution in [3.05, 3.63) is 16.6 Å². The maximum atomic E-state index is 12.4. The van der Waals surface area contributed by atoms with E-state index in [0.717, 1.165) is 24.6 Å². The second-order valence-corrected chi connectivity index (χ2v) is 8.95. The zero-order chi connectivity index (χ0) is 20.3. The summed E-state index contributed by atoms with van der Waals surface area (Å²) in [6, 6.07) is 0.113. The first-order valence-electron chi connectivity index (χ1n) is 8.38. The number of rotatable bonds is 4. The van der Waals surface area contributed by atoms with Crippen LogP contribution < -0.4 is 10.9 Å². The van der Waals surface area contributed by atoms with Crippen LogP contribution in [0.4, 0.5) is 0 Å². The van der Waals surface area contributed by atoms with Gasteiger partial charge in [-0.2, -0.15) is 5.10 Å². The van der Waals surface area contributed by atoms with Crippen LogP contribution in [0, 0.1) is 10.8 Å². The minimum Gasteiger partial charge on any atom is -0.381 e. The zero-order valence-corrected chi connectivity index (χ0v) is 17.2. The summed E-state index contributed by atoms with van der Waals surface area (Å²) in [5, 5.41) is 21.2. The SMILES string of the molecule is CC(Sc1nc2c(cnn2C2CCOCC2)c(=O)[nH]1)C(=O)NC(=N)SC(=N)Cl. The van der Waals surface area contributed by atoms with Gasteiger partial charge in [0.1, 0.15) is 5.39 Å². The number of H-pyrrole nitrogens is 1. The molecule has 0 aromatic carbocycles. The molecule has 2 aromatic rings. The highest BCUT2D eigenvalue weighted by atomic mass is 35.5. The van der Waals surface area contributed by atoms with Gasteiger partial charge in [0.05, 0.1) is 17.5 Å². The van der Waals surface area contributed by atoms with Crippen molar-refractivity contribution in [2.45, 2.75) is 36.2 Å². The number of thioether (sulfide) groups is 2. The van der Waals surface area contributed by atoms with Crippen LogP contribution in [-0.4, -0.2) is 53.8 Å². The molecule has 13 heteroatoms. The molecule has 1 fully saturated rings. The number of carbonyl (C=O) groups is 1. The number of ether oxygens (including phenoxy) is 1. The molecule has 1 saturated heterocycles. The van der Waals surface area contributed by atoms with Crippen molar-refractivity contribution in [2.75, 3.05) is 13.2 Å². The predicted octanol–water partition coefficient (Wildman–Crippen LogP) is 1.91. The summed E-state index contributed by atoms with van der Waals surface area (Å²) in [5.41, 5.74) is 0.155. The first-order valence-corrected chi connectivity index (χ1v) is 10.5. The highest BCUT2D eigenvalue weighted by Gasteiger charge is 2.22. The molecule has 4 N–H and O–H groups in total. The lowest BCUT2D eigenvalue weighted by Crippen LogP contribution is -2.34. The first kappa shape index (κ1) is 20.8. The summed E-state index contributed by atoms with van der Waals surface area (Å²) in [6.45, 7) is 2.90. The summed E-state index contributed by atoms with van der Waals surface area (Å²) >= 11 is 7.08. The maximum absolute atomic E-state index is 12.4. The van der Waals surface area contributed by atoms with E-state index in [4.69, 9.17) is 27.2 Å². The second kappa shape index (κ2) is 9.07. The fourth-order valence-electron chi connectivity index (χ4n) is 2.72. The number of hydrogen-bond donors (Lipinski definition) is 4. The van der Waals surface area contributed by atoms with E-state index in [9.17, 15) is 9.59 Å². The van der Waals surface area contributed by atoms with Gasteiger partial charge in [0, 0.05) is 13.2 Å². The largest absolute Gasteiger partial charge is 0.381 e. The minimum atomic E-state index is -0.634. The standard InChI is InChI=1S/C15H18ClN7O3S2/c1-7(11(24)21-14(18)28-13(16)17)27-15-20-10-9(12(25)22-15)6-19-23(10)8-2-4-26-5-3-8/h6-8,17H,2-5H2,1H3,(H2,18,21,24)(H,20,22,25). The monoisotopic (exact) mass is 443 g/mol. The number of aromatic nitrogens is 4. The lowest BCUT2D eigenvalue weighted by molar-refractivity contribution is -0.118. The Morgan fingerprint density at radius 2 is 2.18 bits per heavy atom. The van der Waals surface area contributed by atoms with E-state index in [0.29, 0.717) is 41.2 Å². The van der Waals surface area contributed by atoms with E-state index < -0.39 is 11.2 Å². The first-order chi connectivity index (χ1) is 13.3. The van der Waals surface area contributed by atoms with E-state index in [1.807, 2.05) is 0 Å². The van der Waals surface area contributed by atoms with Gasteiger partial charge in [-0.1, -0.05) is 23.4 Å². The van der Waals surface area contributed by atoms with Crippen molar-refractivity contribution in [2.24, 2.45) is 0 Å². The Morgan fingerprint density at radius 1 is 1.46 bits per heavy atom. The Hall–Kier alpha value is -1.89. The fraction of sp³-hybridized carbons (Fsp3) is 0.467. The van der Waals surface area contributed by atoms with Gasteiger partial charge in [-0.3, -0.25) is 20.4 Å². The van der Waals surface area contributed by atoms with Crippen molar-refractivity contribution >= 4 is 61.7 Å². The Bertz CT molecular complexity index is 970. The molecule has 0 aliphatic carbocycles. The van der Waals surface area contributed by atoms with Crippen molar-refractivity contribution < 1.29 is 9.53 Å². The second-order valence-electron chi connectivity index (χ2n) is 6.00. The van der Waals surface area contributed by atoms with Crippen LogP contribution in [0.15, 0.2) is 16.1 Å². The maximum Gasteiger partial charge on any atom is 0.262 e. The lowest BCUT2D eigenvalue weighted by Gasteiger charge is -2.22. The summed E-state index contributed by atoms with van der Waals surface area (Å²) in [6.07, 6.45) is 3.09. The van der Waals surface area contributed by atoms with Crippen LogP contribution in [0.5, 0.6) is 0 Å². The number of nitrogens with one attached hydrogen (secondary N) is 4. The van der Waals surface area contributed by atoms with Crippen LogP contribution in [0.3, 0.4) is 0 Å². The number of carbonyl (C=O) groups excluding carboxylic acids is 1. The van der Waals surface area contributed by atoms with Crippen molar-refractivity contribution in [3.8, 4) is 0 Å². The molecule has 0 bridgehead atoms. The summed E-state index contributed by atoms with van der Waals surface area (Å²) in [7, 11) is 0. The molecule has 3 rings (SSSR count). The van der Waals surface area contributed by atoms with Crippen LogP contribution in [0.1, 0.15) is 25.8 Å². The Morgan fingerprint density at radius 3 is 2.86 bits per heavy atom. The number of hydrogen-bond acceptors (Lipinski definition) is 9. The van der Waals surface area contributed by atoms with Crippen LogP contribution >= 0.6 is 35.1 Å². The Kier molecular flexibility index (Phi) is 6.75. The smallest absolute Gasteiger partial charge is 0.262 e. The Balaban J connectivity index is 1.77. The normalized spacial score (nSPS) is 16.1. The number of fused-ring (bicyclic) bond motifs is 1. The summed E-state index contributed by atoms with van der Waals surface area (Å²) < 4.78 is 6.81. The molecule has 0 spiro atoms. The Labute approximate surface area is 173 Å². The number of amides is 1. The predicted molar refractivity (Wildman–Crippen MR) is 110 cm³/mol. The number of aromatic amines is 1. The number of nitrogens with zero attached hydrogens (tertiary/aromatic N) is 3. The molecule has 1 aliphatic heterocycles. The van der Waals surface area contributed by atoms with Gasteiger partial charge in [-0.05, 0) is 31.5 Å². The quantitative estimate of drug-likeness (QED) is 0.244. The van der Waals surface area contributed by atoms with E-state index in [1.165, 1.54) is 6.20 Å². The van der Waals surface area contributed by atoms with Crippen molar-refractivity contribution in [3.63, 3.8) is 0 Å². The summed E-state index contributed by atoms with van der Waals surface area (Å²) in [4.78, 5) is 31.7. The highest BCUT2D eigenvalue weighted by molar-refractivity contribution is 8.28. The average Bonchev–Trinajstić information content (AvgIpc) is 3.06. The van der Waals surface area contributed by atoms with E-state index in [1.54, 1.807) is 11.6 Å². The van der Waals surface area contributed by atoms with Crippen LogP contribution in [0.2, 0.25) is 0 Å². The molecule has 2 aromatic heterocycles. The van der Waals surface area contributed by atoms with Crippen LogP contribution in [-0.2, 0) is 9.53 Å². The van der Waals surface area contributed by atoms with Gasteiger partial charge < -0.3 is 15.0 Å². The average molecular weight is 444 g/mol. The molecule has 0 radical (unpaired) electrons. The van der Waals surface area contributed by atoms with Gasteiger partial charge in [-0.25, -0.2) is 9.67 Å². The highest BCUT2D eigenvalue weighted by Crippen LogP contribution is 2.25. The minimum absolute atomic E-state index is 0.113. The third kappa shape index (κ3) is 4.93. The molecule has 28 heavy (non-hydrogen) atoms. The molecule has 1 atom stereocenters. The molecule has 3 heterocycles. The van der Waals surface area contributed by atoms with Gasteiger partial charge in [-0.15, -0.1) is 0 Å². The van der Waals surface area contributed by atoms with Crippen LogP contribution in [0.25, 0.3) is 11.0 Å². The van der Waals surface area contributed by atoms with Crippen molar-refractivity contribution in [1.29, 1.82) is 10.8 Å². The third-order valence-corrected chi connectivity index (χ3v) is 5.77. The summed E-state index contributed by atoms with van der Waals surface area (Å²) in [5.74, 6) is -0.457. The molecule has 1 aliphatic rings. The van der Waals surface area contributed by atoms with Gasteiger partial charge in [0.25, 0.3) is 5.56 Å². The number of amidine groups is 1. The van der Waals surface area contributed by atoms with Gasteiger partial charge in [0.2, 0.25) is 5.91 Å². The number of halogens is 1. The molecule has 10 nitrogen and oxygen atoms in total. The van der Waals surface area contributed by atoms with E-state index in [2.05, 4.69) is 20.4 Å². The van der Waals surface area contributed by atoms with E-state index in [-0.39, 0.29) is 21.3 Å². The molecular formula is C15H18ClN7O3S2. The van der Waals surface area contributed by atoms with E-state index >= 15 is 0 Å².